The molecule has 3 rings (SSSR count). The van der Waals surface area contributed by atoms with Gasteiger partial charge in [0.2, 0.25) is 0 Å². The van der Waals surface area contributed by atoms with Crippen LogP contribution in [0.25, 0.3) is 0 Å². The number of pyridine rings is 1. The van der Waals surface area contributed by atoms with Crippen molar-refractivity contribution in [2.75, 3.05) is 6.54 Å². The molecule has 7 heteroatoms. The number of halogens is 3. The lowest BCUT2D eigenvalue weighted by Gasteiger charge is -2.28. The van der Waals surface area contributed by atoms with Gasteiger partial charge in [-0.05, 0) is 18.1 Å². The molecule has 0 atom stereocenters. The fraction of sp³-hybridized carbons (Fsp3) is 0.471. The first-order chi connectivity index (χ1) is 11.5. The molecule has 128 valence electrons. The number of rotatable bonds is 4. The normalized spacial score (nSPS) is 15.3. The topological polar surface area (TPSA) is 41.9 Å². The summed E-state index contributed by atoms with van der Waals surface area (Å²) in [6.45, 7) is 3.55. The van der Waals surface area contributed by atoms with E-state index in [1.807, 2.05) is 11.1 Å². The van der Waals surface area contributed by atoms with E-state index in [9.17, 15) is 13.2 Å². The fourth-order valence-electron chi connectivity index (χ4n) is 2.97. The van der Waals surface area contributed by atoms with Gasteiger partial charge in [0.25, 0.3) is 0 Å². The van der Waals surface area contributed by atoms with Crippen LogP contribution in [0.4, 0.5) is 13.2 Å². The molecule has 0 N–H and O–H groups in total. The minimum absolute atomic E-state index is 0.206. The Kier molecular flexibility index (Phi) is 4.80. The SMILES string of the molecule is CCCc1ncc2c(n1)CCN(Cc1cnccc1C(F)(F)F)C2. The van der Waals surface area contributed by atoms with Crippen LogP contribution >= 0.6 is 0 Å². The highest BCUT2D eigenvalue weighted by Gasteiger charge is 2.33. The highest BCUT2D eigenvalue weighted by atomic mass is 19.4. The van der Waals surface area contributed by atoms with E-state index >= 15 is 0 Å². The molecule has 0 amide bonds. The van der Waals surface area contributed by atoms with Crippen molar-refractivity contribution in [3.63, 3.8) is 0 Å². The molecule has 24 heavy (non-hydrogen) atoms. The average molecular weight is 336 g/mol. The van der Waals surface area contributed by atoms with Crippen LogP contribution in [0.5, 0.6) is 0 Å². The van der Waals surface area contributed by atoms with E-state index in [2.05, 4.69) is 21.9 Å². The third-order valence-corrected chi connectivity index (χ3v) is 4.14. The molecule has 0 saturated heterocycles. The molecule has 0 fully saturated rings. The van der Waals surface area contributed by atoms with Crippen molar-refractivity contribution < 1.29 is 13.2 Å². The number of aryl methyl sites for hydroxylation is 1. The monoisotopic (exact) mass is 336 g/mol. The molecule has 0 spiro atoms. The van der Waals surface area contributed by atoms with Crippen LogP contribution in [0.3, 0.4) is 0 Å². The molecule has 2 aromatic rings. The van der Waals surface area contributed by atoms with Crippen molar-refractivity contribution >= 4 is 0 Å². The summed E-state index contributed by atoms with van der Waals surface area (Å²) in [6, 6.07) is 1.04. The molecule has 1 aliphatic heterocycles. The van der Waals surface area contributed by atoms with Gasteiger partial charge in [0.05, 0.1) is 5.56 Å². The third kappa shape index (κ3) is 3.72. The Balaban J connectivity index is 1.75. The molecular formula is C17H19F3N4. The predicted octanol–water partition coefficient (Wildman–Crippen LogP) is 3.40. The average Bonchev–Trinajstić information content (AvgIpc) is 2.55. The second kappa shape index (κ2) is 6.84. The quantitative estimate of drug-likeness (QED) is 0.858. The number of nitrogens with zero attached hydrogens (tertiary/aromatic N) is 4. The minimum atomic E-state index is -4.36. The van der Waals surface area contributed by atoms with Crippen LogP contribution in [0.2, 0.25) is 0 Å². The Bertz CT molecular complexity index is 715. The summed E-state index contributed by atoms with van der Waals surface area (Å²) in [7, 11) is 0. The molecular weight excluding hydrogens is 317 g/mol. The van der Waals surface area contributed by atoms with Crippen molar-refractivity contribution in [2.45, 2.75) is 45.5 Å². The largest absolute Gasteiger partial charge is 0.416 e. The lowest BCUT2D eigenvalue weighted by molar-refractivity contribution is -0.138. The van der Waals surface area contributed by atoms with Gasteiger partial charge < -0.3 is 0 Å². The fourth-order valence-corrected chi connectivity index (χ4v) is 2.97. The van der Waals surface area contributed by atoms with Crippen molar-refractivity contribution in [3.8, 4) is 0 Å². The Morgan fingerprint density at radius 2 is 2.08 bits per heavy atom. The van der Waals surface area contributed by atoms with Gasteiger partial charge in [-0.3, -0.25) is 9.88 Å². The van der Waals surface area contributed by atoms with E-state index in [0.717, 1.165) is 42.4 Å². The predicted molar refractivity (Wildman–Crippen MR) is 83.1 cm³/mol. The lowest BCUT2D eigenvalue weighted by Crippen LogP contribution is -2.32. The molecule has 4 nitrogen and oxygen atoms in total. The maximum atomic E-state index is 13.1. The first-order valence-corrected chi connectivity index (χ1v) is 8.03. The van der Waals surface area contributed by atoms with Gasteiger partial charge in [-0.1, -0.05) is 6.92 Å². The zero-order chi connectivity index (χ0) is 17.2. The molecule has 2 aromatic heterocycles. The van der Waals surface area contributed by atoms with E-state index in [0.29, 0.717) is 13.1 Å². The van der Waals surface area contributed by atoms with E-state index in [1.165, 1.54) is 12.4 Å². The van der Waals surface area contributed by atoms with Gasteiger partial charge in [-0.2, -0.15) is 13.2 Å². The van der Waals surface area contributed by atoms with Gasteiger partial charge in [0.1, 0.15) is 5.82 Å². The van der Waals surface area contributed by atoms with Crippen molar-refractivity contribution in [3.05, 3.63) is 52.9 Å². The smallest absolute Gasteiger partial charge is 0.294 e. The second-order valence-corrected chi connectivity index (χ2v) is 6.00. The summed E-state index contributed by atoms with van der Waals surface area (Å²) in [5.41, 5.74) is 1.61. The Labute approximate surface area is 138 Å². The van der Waals surface area contributed by atoms with E-state index in [1.54, 1.807) is 0 Å². The summed E-state index contributed by atoms with van der Waals surface area (Å²) < 4.78 is 39.3. The second-order valence-electron chi connectivity index (χ2n) is 6.00. The van der Waals surface area contributed by atoms with Gasteiger partial charge in [0.15, 0.2) is 0 Å². The van der Waals surface area contributed by atoms with Gasteiger partial charge in [-0.25, -0.2) is 9.97 Å². The van der Waals surface area contributed by atoms with E-state index in [-0.39, 0.29) is 12.1 Å². The first-order valence-electron chi connectivity index (χ1n) is 8.03. The summed E-state index contributed by atoms with van der Waals surface area (Å²) in [5.74, 6) is 0.844. The van der Waals surface area contributed by atoms with Crippen LogP contribution < -0.4 is 0 Å². The van der Waals surface area contributed by atoms with Crippen LogP contribution in [0.1, 0.15) is 41.6 Å². The maximum absolute atomic E-state index is 13.1. The van der Waals surface area contributed by atoms with Gasteiger partial charge in [0, 0.05) is 62.3 Å². The van der Waals surface area contributed by atoms with Crippen LogP contribution in [-0.2, 0) is 32.1 Å². The Hall–Kier alpha value is -2.02. The summed E-state index contributed by atoms with van der Waals surface area (Å²) in [4.78, 5) is 14.8. The first kappa shape index (κ1) is 16.8. The summed E-state index contributed by atoms with van der Waals surface area (Å²) in [5, 5.41) is 0. The lowest BCUT2D eigenvalue weighted by atomic mass is 10.0. The van der Waals surface area contributed by atoms with Crippen molar-refractivity contribution in [1.29, 1.82) is 0 Å². The van der Waals surface area contributed by atoms with Crippen LogP contribution in [0.15, 0.2) is 24.7 Å². The Morgan fingerprint density at radius 1 is 1.25 bits per heavy atom. The number of alkyl halides is 3. The molecule has 0 unspecified atom stereocenters. The van der Waals surface area contributed by atoms with Crippen molar-refractivity contribution in [1.82, 2.24) is 19.9 Å². The number of aromatic nitrogens is 3. The molecule has 0 radical (unpaired) electrons. The molecule has 0 bridgehead atoms. The molecule has 0 aliphatic carbocycles. The number of fused-ring (bicyclic) bond motifs is 1. The number of hydrogen-bond acceptors (Lipinski definition) is 4. The molecule has 3 heterocycles. The minimum Gasteiger partial charge on any atom is -0.294 e. The summed E-state index contributed by atoms with van der Waals surface area (Å²) in [6.07, 6.45) is 2.52. The summed E-state index contributed by atoms with van der Waals surface area (Å²) >= 11 is 0. The Morgan fingerprint density at radius 3 is 2.83 bits per heavy atom. The zero-order valence-corrected chi connectivity index (χ0v) is 13.5. The van der Waals surface area contributed by atoms with Crippen LogP contribution in [0, 0.1) is 0 Å². The zero-order valence-electron chi connectivity index (χ0n) is 13.5. The third-order valence-electron chi connectivity index (χ3n) is 4.14. The van der Waals surface area contributed by atoms with Gasteiger partial charge >= 0.3 is 6.18 Å². The van der Waals surface area contributed by atoms with E-state index in [4.69, 9.17) is 0 Å². The van der Waals surface area contributed by atoms with Gasteiger partial charge in [-0.15, -0.1) is 0 Å². The maximum Gasteiger partial charge on any atom is 0.416 e. The molecule has 0 saturated carbocycles. The highest BCUT2D eigenvalue weighted by molar-refractivity contribution is 5.27. The number of hydrogen-bond donors (Lipinski definition) is 0. The standard InChI is InChI=1S/C17H19F3N4/c1-2-3-16-22-9-13-11-24(7-5-15(13)23-16)10-12-8-21-6-4-14(12)17(18,19)20/h4,6,8-9H,2-3,5,7,10-11H2,1H3. The highest BCUT2D eigenvalue weighted by Crippen LogP contribution is 2.32. The van der Waals surface area contributed by atoms with Crippen LogP contribution in [-0.4, -0.2) is 26.4 Å². The van der Waals surface area contributed by atoms with Crippen molar-refractivity contribution in [2.24, 2.45) is 0 Å². The molecule has 0 aromatic carbocycles. The van der Waals surface area contributed by atoms with E-state index < -0.39 is 11.7 Å². The molecule has 1 aliphatic rings.